The first-order valence-electron chi connectivity index (χ1n) is 6.82. The van der Waals surface area contributed by atoms with Crippen molar-refractivity contribution >= 4 is 5.91 Å². The number of nitrogens with zero attached hydrogens (tertiary/aromatic N) is 1. The van der Waals surface area contributed by atoms with E-state index in [0.717, 1.165) is 19.6 Å². The molecule has 4 heteroatoms. The van der Waals surface area contributed by atoms with Crippen LogP contribution in [0.3, 0.4) is 0 Å². The number of ether oxygens (including phenoxy) is 1. The molecule has 1 amide bonds. The van der Waals surface area contributed by atoms with Gasteiger partial charge in [-0.25, -0.2) is 0 Å². The average molecular weight is 256 g/mol. The first-order valence-corrected chi connectivity index (χ1v) is 6.82. The summed E-state index contributed by atoms with van der Waals surface area (Å²) in [5.74, 6) is 1.34. The Morgan fingerprint density at radius 3 is 2.72 bits per heavy atom. The molecule has 1 rings (SSSR count). The lowest BCUT2D eigenvalue weighted by Crippen LogP contribution is -2.45. The highest BCUT2D eigenvalue weighted by atomic mass is 16.5. The number of hydrogen-bond donors (Lipinski definition) is 1. The van der Waals surface area contributed by atoms with Gasteiger partial charge in [-0.3, -0.25) is 4.79 Å². The van der Waals surface area contributed by atoms with E-state index in [9.17, 15) is 4.79 Å². The molecule has 1 aliphatic heterocycles. The molecule has 0 bridgehead atoms. The molecule has 4 nitrogen and oxygen atoms in total. The maximum absolute atomic E-state index is 12.1. The molecule has 0 spiro atoms. The molecule has 0 aliphatic carbocycles. The summed E-state index contributed by atoms with van der Waals surface area (Å²) in [5.41, 5.74) is -0.441. The number of hydrogen-bond acceptors (Lipinski definition) is 3. The zero-order valence-electron chi connectivity index (χ0n) is 12.5. The Morgan fingerprint density at radius 2 is 2.17 bits per heavy atom. The number of piperidine rings is 1. The van der Waals surface area contributed by atoms with Crippen LogP contribution in [0.25, 0.3) is 0 Å². The van der Waals surface area contributed by atoms with Crippen molar-refractivity contribution in [3.05, 3.63) is 0 Å². The summed E-state index contributed by atoms with van der Waals surface area (Å²) in [6.45, 7) is 9.62. The summed E-state index contributed by atoms with van der Waals surface area (Å²) in [5, 5.41) is 3.09. The van der Waals surface area contributed by atoms with Crippen LogP contribution in [0.15, 0.2) is 0 Å². The van der Waals surface area contributed by atoms with Gasteiger partial charge in [0.15, 0.2) is 0 Å². The lowest BCUT2D eigenvalue weighted by atomic mass is 9.86. The largest absolute Gasteiger partial charge is 0.384 e. The molecule has 1 fully saturated rings. The third-order valence-corrected chi connectivity index (χ3v) is 3.93. The van der Waals surface area contributed by atoms with Crippen molar-refractivity contribution in [2.24, 2.45) is 17.3 Å². The second-order valence-corrected chi connectivity index (χ2v) is 6.32. The Morgan fingerprint density at radius 1 is 1.50 bits per heavy atom. The van der Waals surface area contributed by atoms with Crippen LogP contribution in [0.2, 0.25) is 0 Å². The summed E-state index contributed by atoms with van der Waals surface area (Å²) in [4.78, 5) is 14.4. The van der Waals surface area contributed by atoms with Crippen molar-refractivity contribution in [3.63, 3.8) is 0 Å². The van der Waals surface area contributed by atoms with Crippen molar-refractivity contribution in [1.82, 2.24) is 10.2 Å². The Bertz CT molecular complexity index is 279. The van der Waals surface area contributed by atoms with Crippen LogP contribution in [-0.2, 0) is 9.53 Å². The van der Waals surface area contributed by atoms with Crippen molar-refractivity contribution in [1.29, 1.82) is 0 Å². The van der Waals surface area contributed by atoms with E-state index in [1.165, 1.54) is 6.42 Å². The first-order chi connectivity index (χ1) is 8.36. The zero-order valence-corrected chi connectivity index (χ0v) is 12.5. The van der Waals surface area contributed by atoms with Gasteiger partial charge in [0.1, 0.15) is 0 Å². The number of likely N-dealkylation sites (tertiary alicyclic amines) is 1. The van der Waals surface area contributed by atoms with Crippen LogP contribution in [0.4, 0.5) is 0 Å². The van der Waals surface area contributed by atoms with E-state index in [-0.39, 0.29) is 5.91 Å². The average Bonchev–Trinajstić information content (AvgIpc) is 2.27. The molecule has 1 heterocycles. The van der Waals surface area contributed by atoms with E-state index in [1.807, 2.05) is 13.8 Å². The van der Waals surface area contributed by atoms with E-state index in [2.05, 4.69) is 24.2 Å². The standard InChI is InChI=1S/C14H28N2O2/c1-11-9-16(4)7-6-12(11)8-15-13(17)14(2,3)10-18-5/h11-12H,6-10H2,1-5H3,(H,15,17)/t11-,12?/m0/s1. The smallest absolute Gasteiger partial charge is 0.227 e. The van der Waals surface area contributed by atoms with Gasteiger partial charge in [-0.1, -0.05) is 6.92 Å². The third-order valence-electron chi connectivity index (χ3n) is 3.93. The maximum Gasteiger partial charge on any atom is 0.227 e. The van der Waals surface area contributed by atoms with Gasteiger partial charge in [-0.2, -0.15) is 0 Å². The summed E-state index contributed by atoms with van der Waals surface area (Å²) < 4.78 is 5.09. The van der Waals surface area contributed by atoms with Gasteiger partial charge in [-0.15, -0.1) is 0 Å². The van der Waals surface area contributed by atoms with Crippen molar-refractivity contribution < 1.29 is 9.53 Å². The molecule has 1 unspecified atom stereocenters. The van der Waals surface area contributed by atoms with Gasteiger partial charge in [0.2, 0.25) is 5.91 Å². The van der Waals surface area contributed by atoms with Crippen LogP contribution in [-0.4, -0.2) is 51.2 Å². The van der Waals surface area contributed by atoms with E-state index in [1.54, 1.807) is 7.11 Å². The predicted molar refractivity (Wildman–Crippen MR) is 73.4 cm³/mol. The molecule has 18 heavy (non-hydrogen) atoms. The quantitative estimate of drug-likeness (QED) is 0.807. The zero-order chi connectivity index (χ0) is 13.8. The molecule has 0 aromatic heterocycles. The Balaban J connectivity index is 2.38. The monoisotopic (exact) mass is 256 g/mol. The number of carbonyl (C=O) groups is 1. The van der Waals surface area contributed by atoms with Crippen LogP contribution >= 0.6 is 0 Å². The van der Waals surface area contributed by atoms with Crippen LogP contribution < -0.4 is 5.32 Å². The summed E-state index contributed by atoms with van der Waals surface area (Å²) >= 11 is 0. The molecule has 1 N–H and O–H groups in total. The summed E-state index contributed by atoms with van der Waals surface area (Å²) in [6.07, 6.45) is 1.17. The van der Waals surface area contributed by atoms with Gasteiger partial charge in [0, 0.05) is 20.2 Å². The SMILES string of the molecule is COCC(C)(C)C(=O)NCC1CCN(C)C[C@@H]1C. The minimum absolute atomic E-state index is 0.0930. The number of nitrogens with one attached hydrogen (secondary N) is 1. The first kappa shape index (κ1) is 15.4. The Hall–Kier alpha value is -0.610. The second kappa shape index (κ2) is 6.53. The fraction of sp³-hybridized carbons (Fsp3) is 0.929. The number of carbonyl (C=O) groups excluding carboxylic acids is 1. The Kier molecular flexibility index (Phi) is 5.60. The van der Waals surface area contributed by atoms with Crippen molar-refractivity contribution in [2.45, 2.75) is 27.2 Å². The highest BCUT2D eigenvalue weighted by Gasteiger charge is 2.29. The topological polar surface area (TPSA) is 41.6 Å². The lowest BCUT2D eigenvalue weighted by molar-refractivity contribution is -0.132. The minimum Gasteiger partial charge on any atom is -0.384 e. The number of rotatable bonds is 5. The molecule has 1 saturated heterocycles. The van der Waals surface area contributed by atoms with Crippen LogP contribution in [0.1, 0.15) is 27.2 Å². The molecule has 1 aliphatic rings. The molecule has 0 radical (unpaired) electrons. The number of amides is 1. The molecule has 0 aromatic rings. The van der Waals surface area contributed by atoms with Crippen molar-refractivity contribution in [2.75, 3.05) is 40.4 Å². The lowest BCUT2D eigenvalue weighted by Gasteiger charge is -2.35. The summed E-state index contributed by atoms with van der Waals surface area (Å²) in [7, 11) is 3.79. The van der Waals surface area contributed by atoms with Gasteiger partial charge in [-0.05, 0) is 45.7 Å². The van der Waals surface area contributed by atoms with Gasteiger partial charge >= 0.3 is 0 Å². The maximum atomic E-state index is 12.1. The Labute approximate surface area is 111 Å². The normalized spacial score (nSPS) is 26.1. The molecule has 0 aromatic carbocycles. The predicted octanol–water partition coefficient (Wildman–Crippen LogP) is 1.36. The molecule has 0 saturated carbocycles. The van der Waals surface area contributed by atoms with Crippen LogP contribution in [0, 0.1) is 17.3 Å². The van der Waals surface area contributed by atoms with Gasteiger partial charge in [0.05, 0.1) is 12.0 Å². The van der Waals surface area contributed by atoms with Gasteiger partial charge < -0.3 is 15.0 Å². The molecular formula is C14H28N2O2. The molecule has 2 atom stereocenters. The van der Waals surface area contributed by atoms with E-state index in [0.29, 0.717) is 18.4 Å². The van der Waals surface area contributed by atoms with E-state index < -0.39 is 5.41 Å². The van der Waals surface area contributed by atoms with Gasteiger partial charge in [0.25, 0.3) is 0 Å². The highest BCUT2D eigenvalue weighted by Crippen LogP contribution is 2.22. The minimum atomic E-state index is -0.441. The molecular weight excluding hydrogens is 228 g/mol. The third kappa shape index (κ3) is 4.25. The van der Waals surface area contributed by atoms with Crippen molar-refractivity contribution in [3.8, 4) is 0 Å². The highest BCUT2D eigenvalue weighted by molar-refractivity contribution is 5.81. The van der Waals surface area contributed by atoms with E-state index in [4.69, 9.17) is 4.74 Å². The fourth-order valence-corrected chi connectivity index (χ4v) is 2.60. The molecule has 106 valence electrons. The number of methoxy groups -OCH3 is 1. The second-order valence-electron chi connectivity index (χ2n) is 6.32. The fourth-order valence-electron chi connectivity index (χ4n) is 2.60. The summed E-state index contributed by atoms with van der Waals surface area (Å²) in [6, 6.07) is 0. The van der Waals surface area contributed by atoms with E-state index >= 15 is 0 Å². The van der Waals surface area contributed by atoms with Crippen LogP contribution in [0.5, 0.6) is 0 Å².